The first-order chi connectivity index (χ1) is 15.7. The van der Waals surface area contributed by atoms with Crippen molar-refractivity contribution in [1.82, 2.24) is 24.6 Å². The Hall–Kier alpha value is -4.46. The number of imide groups is 1. The minimum Gasteiger partial charge on any atom is -0.356 e. The van der Waals surface area contributed by atoms with Gasteiger partial charge in [-0.2, -0.15) is 0 Å². The summed E-state index contributed by atoms with van der Waals surface area (Å²) in [5.41, 5.74) is 3.14. The number of benzene rings is 2. The maximum absolute atomic E-state index is 13.0. The van der Waals surface area contributed by atoms with E-state index in [1.807, 2.05) is 59.4 Å². The zero-order valence-electron chi connectivity index (χ0n) is 16.9. The largest absolute Gasteiger partial charge is 0.356 e. The molecule has 4 heterocycles. The molecule has 0 saturated heterocycles. The first-order valence-electron chi connectivity index (χ1n) is 10.2. The van der Waals surface area contributed by atoms with E-state index < -0.39 is 11.8 Å². The van der Waals surface area contributed by atoms with E-state index in [0.29, 0.717) is 34.3 Å². The quantitative estimate of drug-likeness (QED) is 0.438. The maximum Gasteiger partial charge on any atom is 0.261 e. The number of rotatable bonds is 5. The number of para-hydroxylation sites is 2. The third kappa shape index (κ3) is 2.77. The predicted octanol–water partition coefficient (Wildman–Crippen LogP) is 3.25. The molecule has 3 aromatic heterocycles. The average molecular weight is 423 g/mol. The summed E-state index contributed by atoms with van der Waals surface area (Å²) in [6.07, 6.45) is 7.35. The second-order valence-electron chi connectivity index (χ2n) is 7.61. The summed E-state index contributed by atoms with van der Waals surface area (Å²) in [5.74, 6) is -0.908. The molecule has 8 heteroatoms. The molecule has 8 nitrogen and oxygen atoms in total. The Morgan fingerprint density at radius 3 is 2.53 bits per heavy atom. The van der Waals surface area contributed by atoms with Gasteiger partial charge in [0.1, 0.15) is 5.69 Å². The zero-order valence-corrected chi connectivity index (χ0v) is 16.9. The standard InChI is InChI=1S/C24H17N5O3/c30-23-20(21(24(31)26-23)22-16-6-2-4-8-19(16)32-27-22)17-13-29(12-11-28-10-9-25-14-28)18-7-3-1-5-15(17)18/h1-10,13-14H,11-12H2,(H,26,30,31). The van der Waals surface area contributed by atoms with Crippen LogP contribution in [0.1, 0.15) is 11.3 Å². The number of imidazole rings is 1. The Morgan fingerprint density at radius 1 is 0.906 bits per heavy atom. The lowest BCUT2D eigenvalue weighted by Crippen LogP contribution is -2.22. The van der Waals surface area contributed by atoms with Crippen LogP contribution in [0.3, 0.4) is 0 Å². The molecule has 1 N–H and O–H groups in total. The van der Waals surface area contributed by atoms with E-state index in [0.717, 1.165) is 17.4 Å². The van der Waals surface area contributed by atoms with E-state index in [1.165, 1.54) is 0 Å². The van der Waals surface area contributed by atoms with E-state index in [-0.39, 0.29) is 5.57 Å². The number of amides is 2. The molecular formula is C24H17N5O3. The van der Waals surface area contributed by atoms with Crippen molar-refractivity contribution < 1.29 is 14.1 Å². The van der Waals surface area contributed by atoms with Gasteiger partial charge in [-0.15, -0.1) is 0 Å². The van der Waals surface area contributed by atoms with Crippen LogP contribution < -0.4 is 5.32 Å². The molecule has 1 aliphatic rings. The number of nitrogens with zero attached hydrogens (tertiary/aromatic N) is 4. The van der Waals surface area contributed by atoms with Crippen LogP contribution in [0, 0.1) is 0 Å². The van der Waals surface area contributed by atoms with Gasteiger partial charge in [0.05, 0.1) is 17.5 Å². The van der Waals surface area contributed by atoms with Crippen LogP contribution in [-0.2, 0) is 22.7 Å². The predicted molar refractivity (Wildman–Crippen MR) is 118 cm³/mol. The molecule has 0 aliphatic carbocycles. The van der Waals surface area contributed by atoms with Crippen molar-refractivity contribution in [2.75, 3.05) is 0 Å². The number of fused-ring (bicyclic) bond motifs is 2. The maximum atomic E-state index is 13.0. The van der Waals surface area contributed by atoms with E-state index >= 15 is 0 Å². The molecule has 0 spiro atoms. The van der Waals surface area contributed by atoms with Crippen LogP contribution in [0.2, 0.25) is 0 Å². The lowest BCUT2D eigenvalue weighted by Gasteiger charge is -2.05. The fraction of sp³-hybridized carbons (Fsp3) is 0.0833. The number of hydrogen-bond acceptors (Lipinski definition) is 5. The summed E-state index contributed by atoms with van der Waals surface area (Å²) in [7, 11) is 0. The fourth-order valence-electron chi connectivity index (χ4n) is 4.28. The zero-order chi connectivity index (χ0) is 21.7. The molecule has 2 aromatic carbocycles. The molecule has 32 heavy (non-hydrogen) atoms. The van der Waals surface area contributed by atoms with Crippen molar-refractivity contribution in [3.63, 3.8) is 0 Å². The van der Waals surface area contributed by atoms with Gasteiger partial charge in [-0.25, -0.2) is 4.98 Å². The van der Waals surface area contributed by atoms with Gasteiger partial charge in [0.2, 0.25) is 0 Å². The van der Waals surface area contributed by atoms with Crippen LogP contribution in [-0.4, -0.2) is 31.1 Å². The molecule has 0 unspecified atom stereocenters. The number of carbonyl (C=O) groups is 2. The van der Waals surface area contributed by atoms with Crippen LogP contribution in [0.5, 0.6) is 0 Å². The second-order valence-corrected chi connectivity index (χ2v) is 7.61. The highest BCUT2D eigenvalue weighted by atomic mass is 16.5. The molecule has 0 fully saturated rings. The van der Waals surface area contributed by atoms with Crippen LogP contribution in [0.15, 0.2) is 78.0 Å². The molecule has 0 saturated carbocycles. The Kier molecular flexibility index (Phi) is 4.04. The van der Waals surface area contributed by atoms with Crippen molar-refractivity contribution >= 4 is 44.8 Å². The van der Waals surface area contributed by atoms with Gasteiger partial charge in [0.25, 0.3) is 11.8 Å². The van der Waals surface area contributed by atoms with Crippen molar-refractivity contribution in [3.05, 3.63) is 84.7 Å². The molecule has 1 aliphatic heterocycles. The van der Waals surface area contributed by atoms with Gasteiger partial charge in [-0.1, -0.05) is 35.5 Å². The summed E-state index contributed by atoms with van der Waals surface area (Å²) < 4.78 is 9.49. The molecule has 5 aromatic rings. The first-order valence-corrected chi connectivity index (χ1v) is 10.2. The van der Waals surface area contributed by atoms with E-state index in [2.05, 4.69) is 20.0 Å². The topological polar surface area (TPSA) is 95.0 Å². The SMILES string of the molecule is O=C1NC(=O)C(c2cn(CCn3ccnc3)c3ccccc23)=C1c1noc2ccccc12. The number of aromatic nitrogens is 4. The van der Waals surface area contributed by atoms with Gasteiger partial charge in [0, 0.05) is 53.5 Å². The lowest BCUT2D eigenvalue weighted by atomic mass is 9.97. The molecule has 0 atom stereocenters. The summed E-state index contributed by atoms with van der Waals surface area (Å²) >= 11 is 0. The third-order valence-corrected chi connectivity index (χ3v) is 5.76. The summed E-state index contributed by atoms with van der Waals surface area (Å²) in [5, 5.41) is 8.15. The van der Waals surface area contributed by atoms with Crippen molar-refractivity contribution in [3.8, 4) is 0 Å². The lowest BCUT2D eigenvalue weighted by molar-refractivity contribution is -0.122. The van der Waals surface area contributed by atoms with Gasteiger partial charge >= 0.3 is 0 Å². The third-order valence-electron chi connectivity index (χ3n) is 5.76. The smallest absolute Gasteiger partial charge is 0.261 e. The Balaban J connectivity index is 1.55. The Morgan fingerprint density at radius 2 is 1.69 bits per heavy atom. The van der Waals surface area contributed by atoms with Crippen molar-refractivity contribution in [2.45, 2.75) is 13.1 Å². The number of hydrogen-bond donors (Lipinski definition) is 1. The fourth-order valence-corrected chi connectivity index (χ4v) is 4.28. The minimum atomic E-state index is -0.473. The average Bonchev–Trinajstić information content (AvgIpc) is 3.58. The second kappa shape index (κ2) is 7.05. The van der Waals surface area contributed by atoms with Crippen LogP contribution in [0.4, 0.5) is 0 Å². The molecule has 6 rings (SSSR count). The summed E-state index contributed by atoms with van der Waals surface area (Å²) in [6, 6.07) is 15.1. The van der Waals surface area contributed by atoms with Crippen LogP contribution >= 0.6 is 0 Å². The van der Waals surface area contributed by atoms with Crippen molar-refractivity contribution in [2.24, 2.45) is 0 Å². The molecular weight excluding hydrogens is 406 g/mol. The highest BCUT2D eigenvalue weighted by Crippen LogP contribution is 2.37. The van der Waals surface area contributed by atoms with Gasteiger partial charge in [0.15, 0.2) is 5.58 Å². The summed E-state index contributed by atoms with van der Waals surface area (Å²) in [4.78, 5) is 29.9. The normalized spacial score (nSPS) is 14.1. The Bertz CT molecular complexity index is 1540. The first kappa shape index (κ1) is 18.3. The van der Waals surface area contributed by atoms with E-state index in [1.54, 1.807) is 18.6 Å². The monoisotopic (exact) mass is 423 g/mol. The molecule has 2 amide bonds. The minimum absolute atomic E-state index is 0.234. The van der Waals surface area contributed by atoms with Gasteiger partial charge in [-0.05, 0) is 18.2 Å². The van der Waals surface area contributed by atoms with Gasteiger partial charge in [-0.3, -0.25) is 14.9 Å². The number of aryl methyl sites for hydroxylation is 2. The number of nitrogens with one attached hydrogen (secondary N) is 1. The van der Waals surface area contributed by atoms with E-state index in [4.69, 9.17) is 4.52 Å². The Labute approximate surface area is 181 Å². The highest BCUT2D eigenvalue weighted by Gasteiger charge is 2.36. The van der Waals surface area contributed by atoms with E-state index in [9.17, 15) is 9.59 Å². The highest BCUT2D eigenvalue weighted by molar-refractivity contribution is 6.50. The summed E-state index contributed by atoms with van der Waals surface area (Å²) in [6.45, 7) is 1.41. The van der Waals surface area contributed by atoms with Crippen LogP contribution in [0.25, 0.3) is 33.0 Å². The molecule has 156 valence electrons. The molecule has 0 radical (unpaired) electrons. The van der Waals surface area contributed by atoms with Gasteiger partial charge < -0.3 is 13.7 Å². The molecule has 0 bridgehead atoms. The van der Waals surface area contributed by atoms with Crippen molar-refractivity contribution in [1.29, 1.82) is 0 Å². The number of carbonyl (C=O) groups excluding carboxylic acids is 2.